The number of benzene rings is 2. The summed E-state index contributed by atoms with van der Waals surface area (Å²) in [6, 6.07) is 18.6. The first-order valence-electron chi connectivity index (χ1n) is 10.2. The summed E-state index contributed by atoms with van der Waals surface area (Å²) in [4.78, 5) is 27.6. The molecule has 0 radical (unpaired) electrons. The van der Waals surface area contributed by atoms with Crippen molar-refractivity contribution in [1.29, 1.82) is 0 Å². The maximum Gasteiger partial charge on any atom is 0.251 e. The number of carbonyl (C=O) groups excluding carboxylic acids is 2. The van der Waals surface area contributed by atoms with Gasteiger partial charge in [0.05, 0.1) is 24.7 Å². The predicted octanol–water partition coefficient (Wildman–Crippen LogP) is 3.00. The highest BCUT2D eigenvalue weighted by Crippen LogP contribution is 2.24. The molecule has 0 spiro atoms. The molecule has 1 fully saturated rings. The van der Waals surface area contributed by atoms with Gasteiger partial charge in [-0.1, -0.05) is 53.7 Å². The second kappa shape index (κ2) is 9.35. The van der Waals surface area contributed by atoms with Gasteiger partial charge in [-0.2, -0.15) is 0 Å². The van der Waals surface area contributed by atoms with Gasteiger partial charge >= 0.3 is 0 Å². The van der Waals surface area contributed by atoms with Crippen LogP contribution >= 0.6 is 0 Å². The molecule has 1 atom stereocenters. The third-order valence-electron chi connectivity index (χ3n) is 5.55. The smallest absolute Gasteiger partial charge is 0.251 e. The van der Waals surface area contributed by atoms with Crippen molar-refractivity contribution in [3.63, 3.8) is 0 Å². The minimum atomic E-state index is -0.376. The van der Waals surface area contributed by atoms with Gasteiger partial charge in [0.25, 0.3) is 5.91 Å². The predicted molar refractivity (Wildman–Crippen MR) is 113 cm³/mol. The van der Waals surface area contributed by atoms with Gasteiger partial charge in [0, 0.05) is 24.8 Å². The van der Waals surface area contributed by atoms with Gasteiger partial charge in [-0.25, -0.2) is 4.68 Å². The van der Waals surface area contributed by atoms with Gasteiger partial charge in [0.15, 0.2) is 0 Å². The Bertz CT molecular complexity index is 952. The SMILES string of the molecule is O=C(N[C@@H](CC(=O)N1CCC(n2ccnn2)CC1)c1ccccc1)c1ccccc1. The highest BCUT2D eigenvalue weighted by Gasteiger charge is 2.27. The second-order valence-corrected chi connectivity index (χ2v) is 7.50. The van der Waals surface area contributed by atoms with E-state index in [0.717, 1.165) is 18.4 Å². The number of nitrogens with zero attached hydrogens (tertiary/aromatic N) is 4. The quantitative estimate of drug-likeness (QED) is 0.686. The number of rotatable bonds is 6. The molecule has 154 valence electrons. The van der Waals surface area contributed by atoms with Gasteiger partial charge in [-0.15, -0.1) is 5.10 Å². The van der Waals surface area contributed by atoms with Gasteiger partial charge in [0.1, 0.15) is 0 Å². The Kier molecular flexibility index (Phi) is 6.17. The number of nitrogens with one attached hydrogen (secondary N) is 1. The number of likely N-dealkylation sites (tertiary alicyclic amines) is 1. The highest BCUT2D eigenvalue weighted by atomic mass is 16.2. The van der Waals surface area contributed by atoms with Crippen LogP contribution in [0.5, 0.6) is 0 Å². The molecule has 7 heteroatoms. The topological polar surface area (TPSA) is 80.1 Å². The Labute approximate surface area is 175 Å². The number of amides is 2. The van der Waals surface area contributed by atoms with Crippen LogP contribution in [-0.4, -0.2) is 44.8 Å². The van der Waals surface area contributed by atoms with Crippen molar-refractivity contribution in [1.82, 2.24) is 25.2 Å². The van der Waals surface area contributed by atoms with E-state index in [0.29, 0.717) is 18.7 Å². The third-order valence-corrected chi connectivity index (χ3v) is 5.55. The first-order chi connectivity index (χ1) is 14.7. The van der Waals surface area contributed by atoms with Gasteiger partial charge in [0.2, 0.25) is 5.91 Å². The molecule has 0 aliphatic carbocycles. The maximum atomic E-state index is 13.0. The molecular formula is C23H25N5O2. The van der Waals surface area contributed by atoms with Crippen LogP contribution in [0.3, 0.4) is 0 Å². The third kappa shape index (κ3) is 4.74. The Morgan fingerprint density at radius 1 is 1.00 bits per heavy atom. The summed E-state index contributed by atoms with van der Waals surface area (Å²) in [6.07, 6.45) is 5.48. The molecule has 1 aromatic heterocycles. The molecule has 0 saturated carbocycles. The Balaban J connectivity index is 1.41. The molecule has 30 heavy (non-hydrogen) atoms. The fraction of sp³-hybridized carbons (Fsp3) is 0.304. The highest BCUT2D eigenvalue weighted by molar-refractivity contribution is 5.94. The molecule has 0 unspecified atom stereocenters. The standard InChI is InChI=1S/C23H25N5O2/c29-22(27-14-11-20(12-15-27)28-16-13-24-26-28)17-21(18-7-3-1-4-8-18)25-23(30)19-9-5-2-6-10-19/h1-10,13,16,20-21H,11-12,14-15,17H2,(H,25,30)/t21-/m0/s1. The molecule has 1 aliphatic rings. The van der Waals surface area contributed by atoms with Crippen molar-refractivity contribution in [2.24, 2.45) is 0 Å². The van der Waals surface area contributed by atoms with E-state index in [1.165, 1.54) is 0 Å². The lowest BCUT2D eigenvalue weighted by molar-refractivity contribution is -0.133. The molecule has 1 saturated heterocycles. The summed E-state index contributed by atoms with van der Waals surface area (Å²) in [5.74, 6) is -0.128. The van der Waals surface area contributed by atoms with Crippen molar-refractivity contribution in [3.05, 3.63) is 84.2 Å². The summed E-state index contributed by atoms with van der Waals surface area (Å²) in [5.41, 5.74) is 1.51. The summed E-state index contributed by atoms with van der Waals surface area (Å²) in [6.45, 7) is 1.36. The fourth-order valence-electron chi connectivity index (χ4n) is 3.86. The number of hydrogen-bond acceptors (Lipinski definition) is 4. The van der Waals surface area contributed by atoms with E-state index in [-0.39, 0.29) is 30.3 Å². The molecule has 3 aromatic rings. The molecule has 2 aromatic carbocycles. The maximum absolute atomic E-state index is 13.0. The Morgan fingerprint density at radius 3 is 2.30 bits per heavy atom. The van der Waals surface area contributed by atoms with Gasteiger partial charge in [-0.3, -0.25) is 9.59 Å². The monoisotopic (exact) mass is 403 g/mol. The van der Waals surface area contributed by atoms with E-state index in [9.17, 15) is 9.59 Å². The van der Waals surface area contributed by atoms with Gasteiger partial charge < -0.3 is 10.2 Å². The van der Waals surface area contributed by atoms with Crippen LogP contribution in [0, 0.1) is 0 Å². The minimum absolute atomic E-state index is 0.0502. The zero-order chi connectivity index (χ0) is 20.8. The van der Waals surface area contributed by atoms with Crippen molar-refractivity contribution >= 4 is 11.8 Å². The van der Waals surface area contributed by atoms with Crippen molar-refractivity contribution in [2.45, 2.75) is 31.3 Å². The van der Waals surface area contributed by atoms with Gasteiger partial charge in [-0.05, 0) is 30.5 Å². The average Bonchev–Trinajstić information content (AvgIpc) is 3.35. The average molecular weight is 403 g/mol. The number of hydrogen-bond donors (Lipinski definition) is 1. The van der Waals surface area contributed by atoms with E-state index in [1.54, 1.807) is 18.3 Å². The fourth-order valence-corrected chi connectivity index (χ4v) is 3.86. The van der Waals surface area contributed by atoms with Crippen molar-refractivity contribution < 1.29 is 9.59 Å². The van der Waals surface area contributed by atoms with E-state index in [2.05, 4.69) is 15.6 Å². The zero-order valence-corrected chi connectivity index (χ0v) is 16.7. The minimum Gasteiger partial charge on any atom is -0.345 e. The van der Waals surface area contributed by atoms with E-state index < -0.39 is 0 Å². The molecule has 2 amide bonds. The molecular weight excluding hydrogens is 378 g/mol. The lowest BCUT2D eigenvalue weighted by Gasteiger charge is -2.33. The summed E-state index contributed by atoms with van der Waals surface area (Å²) in [7, 11) is 0. The molecule has 1 aliphatic heterocycles. The van der Waals surface area contributed by atoms with Crippen LogP contribution in [0.2, 0.25) is 0 Å². The van der Waals surface area contributed by atoms with Crippen LogP contribution in [0.25, 0.3) is 0 Å². The van der Waals surface area contributed by atoms with Crippen LogP contribution in [0.1, 0.15) is 47.3 Å². The van der Waals surface area contributed by atoms with Crippen LogP contribution in [0.4, 0.5) is 0 Å². The van der Waals surface area contributed by atoms with E-state index in [1.807, 2.05) is 64.3 Å². The first kappa shape index (κ1) is 19.8. The Hall–Kier alpha value is -3.48. The van der Waals surface area contributed by atoms with Crippen molar-refractivity contribution in [2.75, 3.05) is 13.1 Å². The van der Waals surface area contributed by atoms with Crippen molar-refractivity contribution in [3.8, 4) is 0 Å². The normalized spacial score (nSPS) is 15.5. The van der Waals surface area contributed by atoms with E-state index in [4.69, 9.17) is 0 Å². The van der Waals surface area contributed by atoms with Crippen LogP contribution < -0.4 is 5.32 Å². The first-order valence-corrected chi connectivity index (χ1v) is 10.2. The lowest BCUT2D eigenvalue weighted by atomic mass is 10.0. The van der Waals surface area contributed by atoms with E-state index >= 15 is 0 Å². The summed E-state index contributed by atoms with van der Waals surface area (Å²) in [5, 5.41) is 11.0. The summed E-state index contributed by atoms with van der Waals surface area (Å²) < 4.78 is 1.87. The number of carbonyl (C=O) groups is 2. The molecule has 2 heterocycles. The largest absolute Gasteiger partial charge is 0.345 e. The second-order valence-electron chi connectivity index (χ2n) is 7.50. The molecule has 1 N–H and O–H groups in total. The molecule has 0 bridgehead atoms. The molecule has 4 rings (SSSR count). The van der Waals surface area contributed by atoms with Crippen LogP contribution in [0.15, 0.2) is 73.1 Å². The molecule has 7 nitrogen and oxygen atoms in total. The summed E-state index contributed by atoms with van der Waals surface area (Å²) >= 11 is 0. The lowest BCUT2D eigenvalue weighted by Crippen LogP contribution is -2.41. The zero-order valence-electron chi connectivity index (χ0n) is 16.7. The van der Waals surface area contributed by atoms with Crippen LogP contribution in [-0.2, 0) is 4.79 Å². The number of aromatic nitrogens is 3. The Morgan fingerprint density at radius 2 is 1.67 bits per heavy atom. The number of piperidine rings is 1.